The SMILES string of the molecule is CO.Cc1cc(Nc2cc(N)n3ncc(C(N)=O)c3n2)cc(N2CCCC2)n1. The van der Waals surface area contributed by atoms with Crippen LogP contribution in [-0.2, 0) is 0 Å². The Morgan fingerprint density at radius 1 is 1.18 bits per heavy atom. The first-order chi connectivity index (χ1) is 13.5. The molecule has 0 atom stereocenters. The van der Waals surface area contributed by atoms with Gasteiger partial charge in [0.1, 0.15) is 23.0 Å². The monoisotopic (exact) mass is 384 g/mol. The van der Waals surface area contributed by atoms with Gasteiger partial charge in [-0.25, -0.2) is 9.97 Å². The molecule has 1 fully saturated rings. The van der Waals surface area contributed by atoms with Gasteiger partial charge in [0.15, 0.2) is 5.65 Å². The highest BCUT2D eigenvalue weighted by Gasteiger charge is 2.16. The molecule has 1 aliphatic rings. The Balaban J connectivity index is 0.00000109. The van der Waals surface area contributed by atoms with Crippen LogP contribution < -0.4 is 21.7 Å². The summed E-state index contributed by atoms with van der Waals surface area (Å²) < 4.78 is 1.39. The van der Waals surface area contributed by atoms with Crippen molar-refractivity contribution >= 4 is 34.7 Å². The molecule has 1 saturated heterocycles. The lowest BCUT2D eigenvalue weighted by Crippen LogP contribution is -2.19. The number of nitrogen functional groups attached to an aromatic ring is 1. The van der Waals surface area contributed by atoms with Crippen molar-refractivity contribution in [2.75, 3.05) is 36.1 Å². The number of nitrogens with zero attached hydrogens (tertiary/aromatic N) is 5. The number of aromatic nitrogens is 4. The van der Waals surface area contributed by atoms with E-state index >= 15 is 0 Å². The van der Waals surface area contributed by atoms with Crippen molar-refractivity contribution in [2.45, 2.75) is 19.8 Å². The van der Waals surface area contributed by atoms with E-state index in [2.05, 4.69) is 25.3 Å². The van der Waals surface area contributed by atoms with Gasteiger partial charge in [-0.1, -0.05) is 0 Å². The van der Waals surface area contributed by atoms with Gasteiger partial charge < -0.3 is 26.8 Å². The molecule has 0 saturated carbocycles. The van der Waals surface area contributed by atoms with Crippen LogP contribution in [0.4, 0.5) is 23.1 Å². The summed E-state index contributed by atoms with van der Waals surface area (Å²) in [5.74, 6) is 1.22. The maximum Gasteiger partial charge on any atom is 0.254 e. The van der Waals surface area contributed by atoms with E-state index in [1.807, 2.05) is 19.1 Å². The zero-order valence-corrected chi connectivity index (χ0v) is 15.9. The molecule has 28 heavy (non-hydrogen) atoms. The molecule has 6 N–H and O–H groups in total. The number of carbonyl (C=O) groups excluding carboxylic acids is 1. The van der Waals surface area contributed by atoms with E-state index in [4.69, 9.17) is 16.6 Å². The quantitative estimate of drug-likeness (QED) is 0.522. The molecule has 10 nitrogen and oxygen atoms in total. The maximum absolute atomic E-state index is 11.5. The molecule has 148 valence electrons. The second kappa shape index (κ2) is 8.09. The molecule has 4 rings (SSSR count). The Hall–Kier alpha value is -3.40. The lowest BCUT2D eigenvalue weighted by atomic mass is 10.3. The van der Waals surface area contributed by atoms with Crippen molar-refractivity contribution in [2.24, 2.45) is 5.73 Å². The first-order valence-corrected chi connectivity index (χ1v) is 8.91. The number of primary amides is 1. The van der Waals surface area contributed by atoms with Crippen molar-refractivity contribution in [3.8, 4) is 0 Å². The van der Waals surface area contributed by atoms with Crippen LogP contribution in [0.2, 0.25) is 0 Å². The van der Waals surface area contributed by atoms with E-state index in [1.165, 1.54) is 23.6 Å². The Kier molecular flexibility index (Phi) is 5.59. The van der Waals surface area contributed by atoms with Gasteiger partial charge in [-0.15, -0.1) is 0 Å². The molecule has 0 bridgehead atoms. The zero-order chi connectivity index (χ0) is 20.3. The van der Waals surface area contributed by atoms with Crippen molar-refractivity contribution < 1.29 is 9.90 Å². The third kappa shape index (κ3) is 3.81. The fourth-order valence-electron chi connectivity index (χ4n) is 3.20. The average Bonchev–Trinajstić information content (AvgIpc) is 3.33. The number of nitrogens with one attached hydrogen (secondary N) is 1. The maximum atomic E-state index is 11.5. The highest BCUT2D eigenvalue weighted by Crippen LogP contribution is 2.25. The minimum Gasteiger partial charge on any atom is -0.400 e. The van der Waals surface area contributed by atoms with Crippen LogP contribution in [0.5, 0.6) is 0 Å². The number of aliphatic hydroxyl groups is 1. The molecular weight excluding hydrogens is 360 g/mol. The van der Waals surface area contributed by atoms with Crippen LogP contribution in [0, 0.1) is 6.92 Å². The van der Waals surface area contributed by atoms with E-state index in [-0.39, 0.29) is 5.56 Å². The van der Waals surface area contributed by atoms with Crippen molar-refractivity contribution in [1.29, 1.82) is 0 Å². The Bertz CT molecular complexity index is 995. The standard InChI is InChI=1S/C17H20N8O.CH4O/c1-10-6-11(7-15(21-10)24-4-2-3-5-24)22-14-8-13(18)25-17(23-14)12(9-20-25)16(19)26;1-2/h6-9H,2-5,18H2,1H3,(H2,19,26)(H,21,22,23);2H,1H3. The molecular formula is C18H24N8O2. The summed E-state index contributed by atoms with van der Waals surface area (Å²) in [6.45, 7) is 3.99. The Morgan fingerprint density at radius 3 is 2.57 bits per heavy atom. The third-order valence-corrected chi connectivity index (χ3v) is 4.41. The van der Waals surface area contributed by atoms with E-state index in [1.54, 1.807) is 6.07 Å². The van der Waals surface area contributed by atoms with E-state index in [0.29, 0.717) is 17.3 Å². The van der Waals surface area contributed by atoms with Crippen molar-refractivity contribution in [1.82, 2.24) is 19.6 Å². The van der Waals surface area contributed by atoms with Gasteiger partial charge in [-0.05, 0) is 25.8 Å². The number of nitrogens with two attached hydrogens (primary N) is 2. The van der Waals surface area contributed by atoms with E-state index < -0.39 is 5.91 Å². The number of fused-ring (bicyclic) bond motifs is 1. The molecule has 3 aromatic heterocycles. The first-order valence-electron chi connectivity index (χ1n) is 8.91. The Morgan fingerprint density at radius 2 is 1.89 bits per heavy atom. The fourth-order valence-corrected chi connectivity index (χ4v) is 3.20. The summed E-state index contributed by atoms with van der Waals surface area (Å²) in [6, 6.07) is 5.59. The molecule has 0 unspecified atom stereocenters. The lowest BCUT2D eigenvalue weighted by molar-refractivity contribution is 0.100. The van der Waals surface area contributed by atoms with Crippen LogP contribution in [0.3, 0.4) is 0 Å². The van der Waals surface area contributed by atoms with Gasteiger partial charge in [-0.2, -0.15) is 9.61 Å². The number of hydrogen-bond donors (Lipinski definition) is 4. The molecule has 1 amide bonds. The second-order valence-electron chi connectivity index (χ2n) is 6.40. The summed E-state index contributed by atoms with van der Waals surface area (Å²) >= 11 is 0. The smallest absolute Gasteiger partial charge is 0.254 e. The van der Waals surface area contributed by atoms with Gasteiger partial charge in [0.25, 0.3) is 5.91 Å². The second-order valence-corrected chi connectivity index (χ2v) is 6.40. The predicted molar refractivity (Wildman–Crippen MR) is 108 cm³/mol. The minimum absolute atomic E-state index is 0.226. The predicted octanol–water partition coefficient (Wildman–Crippen LogP) is 1.07. The average molecular weight is 384 g/mol. The number of aliphatic hydroxyl groups excluding tert-OH is 1. The molecule has 0 aromatic carbocycles. The van der Waals surface area contributed by atoms with Crippen LogP contribution in [0.15, 0.2) is 24.4 Å². The summed E-state index contributed by atoms with van der Waals surface area (Å²) in [5, 5.41) is 14.3. The van der Waals surface area contributed by atoms with Gasteiger partial charge in [0, 0.05) is 43.7 Å². The number of anilines is 4. The van der Waals surface area contributed by atoms with Crippen molar-refractivity contribution in [3.63, 3.8) is 0 Å². The lowest BCUT2D eigenvalue weighted by Gasteiger charge is -2.18. The fraction of sp³-hybridized carbons (Fsp3) is 0.333. The molecule has 10 heteroatoms. The Labute approximate surface area is 162 Å². The number of aryl methyl sites for hydroxylation is 1. The number of carbonyl (C=O) groups is 1. The molecule has 1 aliphatic heterocycles. The number of rotatable bonds is 4. The van der Waals surface area contributed by atoms with E-state index in [9.17, 15) is 4.79 Å². The largest absolute Gasteiger partial charge is 0.400 e. The summed E-state index contributed by atoms with van der Waals surface area (Å²) in [5.41, 5.74) is 13.7. The summed E-state index contributed by atoms with van der Waals surface area (Å²) in [7, 11) is 1.00. The van der Waals surface area contributed by atoms with Gasteiger partial charge in [-0.3, -0.25) is 4.79 Å². The third-order valence-electron chi connectivity index (χ3n) is 4.41. The normalized spacial score (nSPS) is 13.3. The number of hydrogen-bond acceptors (Lipinski definition) is 8. The molecule has 0 spiro atoms. The van der Waals surface area contributed by atoms with Gasteiger partial charge in [0.2, 0.25) is 0 Å². The van der Waals surface area contributed by atoms with Crippen LogP contribution in [0.1, 0.15) is 28.9 Å². The van der Waals surface area contributed by atoms with Crippen LogP contribution in [0.25, 0.3) is 5.65 Å². The van der Waals surface area contributed by atoms with Crippen LogP contribution >= 0.6 is 0 Å². The van der Waals surface area contributed by atoms with Gasteiger partial charge >= 0.3 is 0 Å². The topological polar surface area (TPSA) is 148 Å². The number of pyridine rings is 1. The summed E-state index contributed by atoms with van der Waals surface area (Å²) in [4.78, 5) is 22.9. The number of amides is 1. The highest BCUT2D eigenvalue weighted by atomic mass is 16.2. The molecule has 3 aromatic rings. The van der Waals surface area contributed by atoms with Crippen LogP contribution in [-0.4, -0.2) is 50.8 Å². The molecule has 4 heterocycles. The van der Waals surface area contributed by atoms with Gasteiger partial charge in [0.05, 0.1) is 6.20 Å². The molecule has 0 aliphatic carbocycles. The van der Waals surface area contributed by atoms with E-state index in [0.717, 1.165) is 37.4 Å². The molecule has 0 radical (unpaired) electrons. The van der Waals surface area contributed by atoms with Crippen molar-refractivity contribution in [3.05, 3.63) is 35.7 Å². The highest BCUT2D eigenvalue weighted by molar-refractivity contribution is 5.98. The first kappa shape index (κ1) is 19.4. The minimum atomic E-state index is -0.597. The zero-order valence-electron chi connectivity index (χ0n) is 15.9. The summed E-state index contributed by atoms with van der Waals surface area (Å²) in [6.07, 6.45) is 3.74.